The molecule has 110 valence electrons. The quantitative estimate of drug-likeness (QED) is 0.431. The number of hydrogen-bond donors (Lipinski definition) is 2. The van der Waals surface area contributed by atoms with Gasteiger partial charge in [0, 0.05) is 23.8 Å². The minimum atomic E-state index is 0.418. The summed E-state index contributed by atoms with van der Waals surface area (Å²) in [4.78, 5) is 6.39. The van der Waals surface area contributed by atoms with Gasteiger partial charge in [-0.1, -0.05) is 42.5 Å². The van der Waals surface area contributed by atoms with Crippen LogP contribution >= 0.6 is 0 Å². The van der Waals surface area contributed by atoms with Crippen molar-refractivity contribution in [2.75, 3.05) is 17.7 Å². The Morgan fingerprint density at radius 3 is 2.50 bits per heavy atom. The number of fused-ring (bicyclic) bond motifs is 1. The molecule has 0 saturated carbocycles. The maximum absolute atomic E-state index is 6.16. The van der Waals surface area contributed by atoms with Crippen LogP contribution in [0.3, 0.4) is 0 Å². The third-order valence-corrected chi connectivity index (χ3v) is 3.60. The minimum absolute atomic E-state index is 0.418. The number of anilines is 2. The highest BCUT2D eigenvalue weighted by molar-refractivity contribution is 6.00. The van der Waals surface area contributed by atoms with Gasteiger partial charge in [-0.3, -0.25) is 0 Å². The molecule has 0 fully saturated rings. The van der Waals surface area contributed by atoms with E-state index in [1.54, 1.807) is 0 Å². The SMILES string of the molecule is CN(C(N)=Nc1cccc2ccccc12)c1cccc(N)c1. The fourth-order valence-corrected chi connectivity index (χ4v) is 2.37. The number of aliphatic imine (C=N–C) groups is 1. The molecular weight excluding hydrogens is 272 g/mol. The molecule has 0 spiro atoms. The van der Waals surface area contributed by atoms with Crippen LogP contribution in [0.5, 0.6) is 0 Å². The van der Waals surface area contributed by atoms with Crippen LogP contribution in [0.25, 0.3) is 10.8 Å². The molecule has 0 saturated heterocycles. The van der Waals surface area contributed by atoms with E-state index in [0.717, 1.165) is 22.1 Å². The highest BCUT2D eigenvalue weighted by Gasteiger charge is 2.07. The normalized spacial score (nSPS) is 11.6. The van der Waals surface area contributed by atoms with Gasteiger partial charge in [-0.15, -0.1) is 0 Å². The molecule has 3 aromatic carbocycles. The van der Waals surface area contributed by atoms with Crippen molar-refractivity contribution in [1.82, 2.24) is 0 Å². The highest BCUT2D eigenvalue weighted by Crippen LogP contribution is 2.26. The lowest BCUT2D eigenvalue weighted by atomic mass is 10.1. The van der Waals surface area contributed by atoms with E-state index in [1.165, 1.54) is 0 Å². The van der Waals surface area contributed by atoms with E-state index in [9.17, 15) is 0 Å². The summed E-state index contributed by atoms with van der Waals surface area (Å²) in [6.07, 6.45) is 0. The number of guanidine groups is 1. The summed E-state index contributed by atoms with van der Waals surface area (Å²) in [5, 5.41) is 2.22. The minimum Gasteiger partial charge on any atom is -0.399 e. The number of nitrogens with two attached hydrogens (primary N) is 2. The Morgan fingerprint density at radius 2 is 1.68 bits per heavy atom. The number of hydrogen-bond acceptors (Lipinski definition) is 2. The molecule has 3 rings (SSSR count). The first-order valence-corrected chi connectivity index (χ1v) is 7.06. The van der Waals surface area contributed by atoms with Gasteiger partial charge in [0.1, 0.15) is 0 Å². The van der Waals surface area contributed by atoms with Gasteiger partial charge in [0.05, 0.1) is 5.69 Å². The molecule has 0 heterocycles. The van der Waals surface area contributed by atoms with Crippen LogP contribution in [0.1, 0.15) is 0 Å². The fraction of sp³-hybridized carbons (Fsp3) is 0.0556. The Labute approximate surface area is 129 Å². The van der Waals surface area contributed by atoms with Gasteiger partial charge in [-0.25, -0.2) is 4.99 Å². The standard InChI is InChI=1S/C18H18N4/c1-22(15-9-5-8-14(19)12-15)18(20)21-17-11-4-7-13-6-2-3-10-16(13)17/h2-12H,19H2,1H3,(H2,20,21). The average molecular weight is 290 g/mol. The summed E-state index contributed by atoms with van der Waals surface area (Å²) in [5.74, 6) is 0.418. The topological polar surface area (TPSA) is 67.6 Å². The molecule has 0 radical (unpaired) electrons. The third kappa shape index (κ3) is 2.72. The molecule has 0 atom stereocenters. The zero-order valence-corrected chi connectivity index (χ0v) is 12.4. The van der Waals surface area contributed by atoms with Crippen LogP contribution in [-0.2, 0) is 0 Å². The van der Waals surface area contributed by atoms with Crippen molar-refractivity contribution in [3.63, 3.8) is 0 Å². The Kier molecular flexibility index (Phi) is 3.66. The van der Waals surface area contributed by atoms with Gasteiger partial charge in [-0.05, 0) is 29.7 Å². The van der Waals surface area contributed by atoms with E-state index in [0.29, 0.717) is 11.6 Å². The highest BCUT2D eigenvalue weighted by atomic mass is 15.2. The fourth-order valence-electron chi connectivity index (χ4n) is 2.37. The van der Waals surface area contributed by atoms with Crippen LogP contribution in [-0.4, -0.2) is 13.0 Å². The molecule has 0 amide bonds. The van der Waals surface area contributed by atoms with Gasteiger partial charge in [0.25, 0.3) is 0 Å². The molecule has 0 aliphatic rings. The molecule has 22 heavy (non-hydrogen) atoms. The van der Waals surface area contributed by atoms with Gasteiger partial charge in [0.15, 0.2) is 0 Å². The largest absolute Gasteiger partial charge is 0.399 e. The first-order chi connectivity index (χ1) is 10.6. The van der Waals surface area contributed by atoms with Crippen molar-refractivity contribution in [2.24, 2.45) is 10.7 Å². The van der Waals surface area contributed by atoms with E-state index in [2.05, 4.69) is 17.1 Å². The van der Waals surface area contributed by atoms with Gasteiger partial charge in [-0.2, -0.15) is 0 Å². The first kappa shape index (κ1) is 13.9. The van der Waals surface area contributed by atoms with Crippen molar-refractivity contribution >= 4 is 33.8 Å². The third-order valence-electron chi connectivity index (χ3n) is 3.60. The Hall–Kier alpha value is -3.01. The van der Waals surface area contributed by atoms with E-state index in [4.69, 9.17) is 11.5 Å². The van der Waals surface area contributed by atoms with E-state index >= 15 is 0 Å². The molecule has 0 aliphatic heterocycles. The summed E-state index contributed by atoms with van der Waals surface area (Å²) in [7, 11) is 1.87. The predicted octanol–water partition coefficient (Wildman–Crippen LogP) is 3.50. The summed E-state index contributed by atoms with van der Waals surface area (Å²) in [5.41, 5.74) is 14.4. The van der Waals surface area contributed by atoms with Gasteiger partial charge < -0.3 is 16.4 Å². The molecule has 0 bridgehead atoms. The van der Waals surface area contributed by atoms with Gasteiger partial charge >= 0.3 is 0 Å². The predicted molar refractivity (Wildman–Crippen MR) is 94.5 cm³/mol. The summed E-state index contributed by atoms with van der Waals surface area (Å²) < 4.78 is 0. The lowest BCUT2D eigenvalue weighted by Gasteiger charge is -2.18. The maximum Gasteiger partial charge on any atom is 0.200 e. The van der Waals surface area contributed by atoms with Crippen LogP contribution in [0.2, 0.25) is 0 Å². The molecule has 4 N–H and O–H groups in total. The maximum atomic E-state index is 6.16. The first-order valence-electron chi connectivity index (χ1n) is 7.06. The zero-order chi connectivity index (χ0) is 15.5. The van der Waals surface area contributed by atoms with Crippen molar-refractivity contribution < 1.29 is 0 Å². The second kappa shape index (κ2) is 5.77. The second-order valence-electron chi connectivity index (χ2n) is 5.12. The second-order valence-corrected chi connectivity index (χ2v) is 5.12. The Morgan fingerprint density at radius 1 is 0.955 bits per heavy atom. The lowest BCUT2D eigenvalue weighted by molar-refractivity contribution is 1.22. The summed E-state index contributed by atoms with van der Waals surface area (Å²) in [6, 6.07) is 21.7. The van der Waals surface area contributed by atoms with Crippen molar-refractivity contribution in [2.45, 2.75) is 0 Å². The van der Waals surface area contributed by atoms with E-state index in [-0.39, 0.29) is 0 Å². The molecule has 3 aromatic rings. The van der Waals surface area contributed by atoms with Crippen molar-refractivity contribution in [1.29, 1.82) is 0 Å². The number of benzene rings is 3. The van der Waals surface area contributed by atoms with Crippen molar-refractivity contribution in [3.05, 3.63) is 66.7 Å². The molecule has 0 aliphatic carbocycles. The zero-order valence-electron chi connectivity index (χ0n) is 12.4. The molecular formula is C18H18N4. The molecule has 0 aromatic heterocycles. The van der Waals surface area contributed by atoms with Crippen LogP contribution in [0, 0.1) is 0 Å². The smallest absolute Gasteiger partial charge is 0.200 e. The number of nitrogen functional groups attached to an aromatic ring is 1. The molecule has 0 unspecified atom stereocenters. The Bertz CT molecular complexity index is 834. The average Bonchev–Trinajstić information content (AvgIpc) is 2.54. The van der Waals surface area contributed by atoms with Crippen LogP contribution in [0.4, 0.5) is 17.1 Å². The monoisotopic (exact) mass is 290 g/mol. The lowest BCUT2D eigenvalue weighted by Crippen LogP contribution is -2.33. The van der Waals surface area contributed by atoms with Crippen LogP contribution in [0.15, 0.2) is 71.7 Å². The van der Waals surface area contributed by atoms with E-state index in [1.807, 2.05) is 66.5 Å². The number of rotatable bonds is 2. The summed E-state index contributed by atoms with van der Waals surface area (Å²) >= 11 is 0. The van der Waals surface area contributed by atoms with Crippen LogP contribution < -0.4 is 16.4 Å². The van der Waals surface area contributed by atoms with E-state index < -0.39 is 0 Å². The number of nitrogens with zero attached hydrogens (tertiary/aromatic N) is 2. The van der Waals surface area contributed by atoms with Crippen molar-refractivity contribution in [3.8, 4) is 0 Å². The molecule has 4 heteroatoms. The van der Waals surface area contributed by atoms with Gasteiger partial charge in [0.2, 0.25) is 5.96 Å². The molecule has 4 nitrogen and oxygen atoms in total. The Balaban J connectivity index is 1.99. The summed E-state index contributed by atoms with van der Waals surface area (Å²) in [6.45, 7) is 0.